The Morgan fingerprint density at radius 1 is 1.44 bits per heavy atom. The Balaban J connectivity index is 0.00000162. The van der Waals surface area contributed by atoms with Crippen LogP contribution >= 0.6 is 0 Å². The maximum absolute atomic E-state index is 8.88. The predicted molar refractivity (Wildman–Crippen MR) is 67.2 cm³/mol. The number of halogens is 1. The van der Waals surface area contributed by atoms with E-state index in [9.17, 15) is 0 Å². The largest absolute Gasteiger partial charge is 1.00 e. The fraction of sp³-hybridized carbons (Fsp3) is 0.357. The molecule has 1 N–H and O–H groups in total. The average Bonchev–Trinajstić information content (AvgIpc) is 2.78. The predicted octanol–water partition coefficient (Wildman–Crippen LogP) is -1.54. The minimum absolute atomic E-state index is 0. The van der Waals surface area contributed by atoms with Crippen LogP contribution in [0.4, 0.5) is 0 Å². The number of imidazole rings is 1. The lowest BCUT2D eigenvalue weighted by atomic mass is 9.81. The van der Waals surface area contributed by atoms with E-state index in [1.165, 1.54) is 0 Å². The standard InChI is InChI=1S/C14H19N2O.ClH/c1-2-14(6-4-3-5-7-14)12-16-9-8-15(13-16)10-11-17;/h2-6,8-9,13,17H,1,7,10-12H2;1H/q+1;/p-1. The van der Waals surface area contributed by atoms with Gasteiger partial charge in [-0.25, -0.2) is 9.13 Å². The average molecular weight is 267 g/mol. The van der Waals surface area contributed by atoms with Gasteiger partial charge in [0.1, 0.15) is 25.5 Å². The second-order valence-electron chi connectivity index (χ2n) is 4.48. The van der Waals surface area contributed by atoms with Crippen molar-refractivity contribution in [3.8, 4) is 0 Å². The van der Waals surface area contributed by atoms with Gasteiger partial charge in [0.25, 0.3) is 0 Å². The van der Waals surface area contributed by atoms with Crippen LogP contribution in [0.5, 0.6) is 0 Å². The van der Waals surface area contributed by atoms with Crippen molar-refractivity contribution in [2.75, 3.05) is 6.61 Å². The van der Waals surface area contributed by atoms with Gasteiger partial charge in [0.2, 0.25) is 6.33 Å². The minimum atomic E-state index is 0. The van der Waals surface area contributed by atoms with E-state index in [1.807, 2.05) is 29.4 Å². The summed E-state index contributed by atoms with van der Waals surface area (Å²) in [6.45, 7) is 5.65. The molecule has 1 aliphatic carbocycles. The van der Waals surface area contributed by atoms with Crippen molar-refractivity contribution in [3.63, 3.8) is 0 Å². The maximum atomic E-state index is 8.88. The van der Waals surface area contributed by atoms with Gasteiger partial charge in [0.15, 0.2) is 0 Å². The van der Waals surface area contributed by atoms with Gasteiger partial charge in [0.05, 0.1) is 6.61 Å². The lowest BCUT2D eigenvalue weighted by Gasteiger charge is -2.25. The number of allylic oxidation sites excluding steroid dienone is 5. The Morgan fingerprint density at radius 3 is 2.89 bits per heavy atom. The molecule has 2 rings (SSSR count). The molecule has 0 saturated heterocycles. The first-order chi connectivity index (χ1) is 8.28. The molecule has 0 spiro atoms. The summed E-state index contributed by atoms with van der Waals surface area (Å²) in [5.41, 5.74) is 0.0187. The number of aromatic nitrogens is 2. The molecule has 0 saturated carbocycles. The Bertz CT molecular complexity index is 450. The molecule has 0 aliphatic heterocycles. The minimum Gasteiger partial charge on any atom is -1.00 e. The topological polar surface area (TPSA) is 29.0 Å². The summed E-state index contributed by atoms with van der Waals surface area (Å²) in [6, 6.07) is 0. The van der Waals surface area contributed by atoms with Crippen LogP contribution in [0.2, 0.25) is 0 Å². The number of rotatable bonds is 5. The molecule has 0 radical (unpaired) electrons. The van der Waals surface area contributed by atoms with Gasteiger partial charge >= 0.3 is 0 Å². The van der Waals surface area contributed by atoms with Crippen LogP contribution in [0.25, 0.3) is 0 Å². The van der Waals surface area contributed by atoms with Crippen LogP contribution in [0.3, 0.4) is 0 Å². The fourth-order valence-electron chi connectivity index (χ4n) is 2.13. The zero-order valence-corrected chi connectivity index (χ0v) is 11.1. The third kappa shape index (κ3) is 3.34. The number of aliphatic hydroxyl groups is 1. The molecule has 1 aromatic heterocycles. The molecule has 1 unspecified atom stereocenters. The molecule has 3 nitrogen and oxygen atoms in total. The Kier molecular flexibility index (Phi) is 5.38. The van der Waals surface area contributed by atoms with Gasteiger partial charge in [-0.05, 0) is 6.42 Å². The fourth-order valence-corrected chi connectivity index (χ4v) is 2.13. The maximum Gasteiger partial charge on any atom is 0.243 e. The van der Waals surface area contributed by atoms with Gasteiger partial charge in [-0.3, -0.25) is 0 Å². The van der Waals surface area contributed by atoms with Crippen LogP contribution in [0.1, 0.15) is 6.42 Å². The third-order valence-corrected chi connectivity index (χ3v) is 3.16. The normalized spacial score (nSPS) is 21.6. The first kappa shape index (κ1) is 14.7. The van der Waals surface area contributed by atoms with E-state index < -0.39 is 0 Å². The van der Waals surface area contributed by atoms with E-state index in [0.29, 0.717) is 6.54 Å². The van der Waals surface area contributed by atoms with E-state index >= 15 is 0 Å². The van der Waals surface area contributed by atoms with Crippen molar-refractivity contribution in [2.24, 2.45) is 5.41 Å². The van der Waals surface area contributed by atoms with Crippen LogP contribution in [0, 0.1) is 5.41 Å². The molecule has 1 aromatic rings. The van der Waals surface area contributed by atoms with E-state index in [0.717, 1.165) is 13.0 Å². The van der Waals surface area contributed by atoms with Gasteiger partial charge in [-0.15, -0.1) is 6.58 Å². The summed E-state index contributed by atoms with van der Waals surface area (Å²) >= 11 is 0. The smallest absolute Gasteiger partial charge is 0.243 e. The Morgan fingerprint density at radius 2 is 2.28 bits per heavy atom. The first-order valence-electron chi connectivity index (χ1n) is 5.92. The zero-order chi connectivity index (χ0) is 12.1. The van der Waals surface area contributed by atoms with Crippen LogP contribution in [0.15, 0.2) is 55.7 Å². The van der Waals surface area contributed by atoms with E-state index in [-0.39, 0.29) is 24.4 Å². The molecule has 1 heterocycles. The summed E-state index contributed by atoms with van der Waals surface area (Å²) in [5, 5.41) is 8.88. The SMILES string of the molecule is C=CC1(C[n+]2ccn(CCO)c2)C=CC=CC1.[Cl-]. The lowest BCUT2D eigenvalue weighted by molar-refractivity contribution is -0.705. The van der Waals surface area contributed by atoms with Crippen molar-refractivity contribution < 1.29 is 22.1 Å². The summed E-state index contributed by atoms with van der Waals surface area (Å²) in [5.74, 6) is 0. The lowest BCUT2D eigenvalue weighted by Crippen LogP contribution is -3.00. The highest BCUT2D eigenvalue weighted by molar-refractivity contribution is 5.20. The molecule has 0 amide bonds. The molecule has 0 bridgehead atoms. The molecule has 4 heteroatoms. The van der Waals surface area contributed by atoms with Gasteiger partial charge in [0, 0.05) is 5.41 Å². The monoisotopic (exact) mass is 266 g/mol. The Hall–Kier alpha value is -1.32. The highest BCUT2D eigenvalue weighted by Crippen LogP contribution is 2.29. The van der Waals surface area contributed by atoms with Gasteiger partial charge in [-0.1, -0.05) is 30.4 Å². The number of hydrogen-bond acceptors (Lipinski definition) is 1. The van der Waals surface area contributed by atoms with Crippen molar-refractivity contribution in [1.29, 1.82) is 0 Å². The zero-order valence-electron chi connectivity index (χ0n) is 10.4. The van der Waals surface area contributed by atoms with Crippen molar-refractivity contribution >= 4 is 0 Å². The third-order valence-electron chi connectivity index (χ3n) is 3.16. The summed E-state index contributed by atoms with van der Waals surface area (Å²) in [7, 11) is 0. The van der Waals surface area contributed by atoms with Gasteiger partial charge < -0.3 is 17.5 Å². The van der Waals surface area contributed by atoms with Crippen molar-refractivity contribution in [2.45, 2.75) is 19.5 Å². The highest BCUT2D eigenvalue weighted by Gasteiger charge is 2.26. The number of nitrogens with zero attached hydrogens (tertiary/aromatic N) is 2. The van der Waals surface area contributed by atoms with Crippen molar-refractivity contribution in [1.82, 2.24) is 4.57 Å². The van der Waals surface area contributed by atoms with E-state index in [1.54, 1.807) is 0 Å². The van der Waals surface area contributed by atoms with Crippen molar-refractivity contribution in [3.05, 3.63) is 55.7 Å². The van der Waals surface area contributed by atoms with Crippen LogP contribution in [-0.4, -0.2) is 16.3 Å². The number of hydrogen-bond donors (Lipinski definition) is 1. The molecule has 1 aliphatic rings. The molecule has 0 aromatic carbocycles. The van der Waals surface area contributed by atoms with E-state index in [4.69, 9.17) is 5.11 Å². The molecule has 98 valence electrons. The summed E-state index contributed by atoms with van der Waals surface area (Å²) in [4.78, 5) is 0. The highest BCUT2D eigenvalue weighted by atomic mass is 35.5. The van der Waals surface area contributed by atoms with E-state index in [2.05, 4.69) is 35.5 Å². The Labute approximate surface area is 114 Å². The molecular formula is C14H19ClN2O. The molecule has 1 atom stereocenters. The van der Waals surface area contributed by atoms with Gasteiger partial charge in [-0.2, -0.15) is 0 Å². The molecule has 18 heavy (non-hydrogen) atoms. The molecular weight excluding hydrogens is 248 g/mol. The van der Waals surface area contributed by atoms with Crippen LogP contribution in [-0.2, 0) is 13.1 Å². The number of aliphatic hydroxyl groups excluding tert-OH is 1. The first-order valence-corrected chi connectivity index (χ1v) is 5.92. The summed E-state index contributed by atoms with van der Waals surface area (Å²) in [6.07, 6.45) is 17.6. The second kappa shape index (κ2) is 6.57. The quantitative estimate of drug-likeness (QED) is 0.508. The second-order valence-corrected chi connectivity index (χ2v) is 4.48. The van der Waals surface area contributed by atoms with Crippen LogP contribution < -0.4 is 17.0 Å². The molecule has 0 fully saturated rings. The summed E-state index contributed by atoms with van der Waals surface area (Å²) < 4.78 is 4.13.